The number of H-pyrrole nitrogens is 1. The Balaban J connectivity index is 1.72. The summed E-state index contributed by atoms with van der Waals surface area (Å²) in [5.74, 6) is -4.50. The molecule has 0 aliphatic carbocycles. The van der Waals surface area contributed by atoms with Crippen LogP contribution in [0.3, 0.4) is 0 Å². The predicted molar refractivity (Wildman–Crippen MR) is 123 cm³/mol. The quantitative estimate of drug-likeness (QED) is 0.415. The monoisotopic (exact) mass is 484 g/mol. The number of carboxylic acids is 2. The van der Waals surface area contributed by atoms with Crippen LogP contribution in [0.2, 0.25) is 0 Å². The normalized spacial score (nSPS) is 21.1. The van der Waals surface area contributed by atoms with Crippen LogP contribution in [0.25, 0.3) is 10.9 Å². The minimum atomic E-state index is -1.69. The van der Waals surface area contributed by atoms with Crippen molar-refractivity contribution >= 4 is 40.7 Å². The van der Waals surface area contributed by atoms with E-state index in [1.54, 1.807) is 6.92 Å². The molecule has 4 N–H and O–H groups in total. The molecule has 11 heteroatoms. The second-order valence-electron chi connectivity index (χ2n) is 9.60. The van der Waals surface area contributed by atoms with Crippen LogP contribution in [-0.4, -0.2) is 73.4 Å². The molecule has 1 fully saturated rings. The molecule has 0 unspecified atom stereocenters. The minimum absolute atomic E-state index is 0.0895. The number of hydrogen-bond acceptors (Lipinski definition) is 5. The largest absolute Gasteiger partial charge is 0.481 e. The molecular weight excluding hydrogens is 456 g/mol. The molecule has 3 heterocycles. The van der Waals surface area contributed by atoms with Gasteiger partial charge in [-0.05, 0) is 37.3 Å². The fourth-order valence-corrected chi connectivity index (χ4v) is 5.11. The lowest BCUT2D eigenvalue weighted by Crippen LogP contribution is -2.54. The molecule has 0 radical (unpaired) electrons. The second-order valence-corrected chi connectivity index (χ2v) is 9.60. The third-order valence-corrected chi connectivity index (χ3v) is 6.80. The number of rotatable bonds is 8. The molecule has 186 valence electrons. The van der Waals surface area contributed by atoms with Crippen LogP contribution in [0.4, 0.5) is 4.79 Å². The summed E-state index contributed by atoms with van der Waals surface area (Å²) in [4.78, 5) is 68.8. The summed E-state index contributed by atoms with van der Waals surface area (Å²) in [6, 6.07) is 4.00. The van der Waals surface area contributed by atoms with E-state index in [4.69, 9.17) is 5.11 Å². The zero-order valence-electron chi connectivity index (χ0n) is 19.7. The van der Waals surface area contributed by atoms with Crippen molar-refractivity contribution in [3.63, 3.8) is 0 Å². The highest BCUT2D eigenvalue weighted by Crippen LogP contribution is 2.44. The molecule has 4 rings (SSSR count). The molecule has 11 nitrogen and oxygen atoms in total. The van der Waals surface area contributed by atoms with E-state index in [9.17, 15) is 29.1 Å². The summed E-state index contributed by atoms with van der Waals surface area (Å²) < 4.78 is 0. The molecule has 3 atom stereocenters. The predicted octanol–water partition coefficient (Wildman–Crippen LogP) is 1.66. The van der Waals surface area contributed by atoms with E-state index in [2.05, 4.69) is 10.3 Å². The first-order chi connectivity index (χ1) is 16.5. The van der Waals surface area contributed by atoms with E-state index in [1.807, 2.05) is 38.1 Å². The van der Waals surface area contributed by atoms with Crippen molar-refractivity contribution in [1.82, 2.24) is 20.1 Å². The lowest BCUT2D eigenvalue weighted by atomic mass is 9.86. The van der Waals surface area contributed by atoms with Crippen molar-refractivity contribution in [2.75, 3.05) is 6.54 Å². The van der Waals surface area contributed by atoms with Crippen LogP contribution in [0.5, 0.6) is 0 Å². The van der Waals surface area contributed by atoms with Gasteiger partial charge in [-0.2, -0.15) is 0 Å². The summed E-state index contributed by atoms with van der Waals surface area (Å²) in [7, 11) is 0. The SMILES string of the molecule is CC(C)C[C@@H](C(=O)N[C@@H](CC(=O)O)C(=O)O)N1C(=O)N2CCc3c([nH]c4ccccc34)[C@@]2(C)C1=O. The lowest BCUT2D eigenvalue weighted by molar-refractivity contribution is -0.148. The second kappa shape index (κ2) is 8.71. The Bertz CT molecular complexity index is 1240. The molecule has 0 spiro atoms. The van der Waals surface area contributed by atoms with Crippen molar-refractivity contribution in [3.8, 4) is 0 Å². The number of aromatic nitrogens is 1. The maximum absolute atomic E-state index is 13.9. The average Bonchev–Trinajstić information content (AvgIpc) is 3.25. The number of carbonyl (C=O) groups is 5. The number of aromatic amines is 1. The van der Waals surface area contributed by atoms with E-state index in [1.165, 1.54) is 4.90 Å². The third kappa shape index (κ3) is 3.90. The number of nitrogens with one attached hydrogen (secondary N) is 2. The number of fused-ring (bicyclic) bond motifs is 5. The maximum Gasteiger partial charge on any atom is 0.328 e. The van der Waals surface area contributed by atoms with Gasteiger partial charge in [0.05, 0.1) is 12.1 Å². The van der Waals surface area contributed by atoms with E-state index < -0.39 is 53.8 Å². The molecule has 2 aliphatic rings. The standard InChI is InChI=1S/C24H28N4O7/c1-12(2)10-17(20(31)26-16(21(32)33)11-18(29)30)28-22(34)24(3)19-14(8-9-27(24)23(28)35)13-6-4-5-7-15(13)25-19/h4-7,12,16-17,25H,8-11H2,1-3H3,(H,26,31)(H,29,30)(H,32,33)/t16-,17-,24-/m0/s1. The van der Waals surface area contributed by atoms with Gasteiger partial charge < -0.3 is 25.4 Å². The zero-order valence-corrected chi connectivity index (χ0v) is 19.7. The molecule has 1 saturated heterocycles. The molecule has 0 saturated carbocycles. The summed E-state index contributed by atoms with van der Waals surface area (Å²) in [6.07, 6.45) is -0.214. The summed E-state index contributed by atoms with van der Waals surface area (Å²) in [5.41, 5.74) is 1.03. The molecule has 4 amide bonds. The number of imide groups is 1. The van der Waals surface area contributed by atoms with Crippen LogP contribution in [-0.2, 0) is 31.1 Å². The van der Waals surface area contributed by atoms with E-state index >= 15 is 0 Å². The summed E-state index contributed by atoms with van der Waals surface area (Å²) >= 11 is 0. The number of hydrogen-bond donors (Lipinski definition) is 4. The number of nitrogens with zero attached hydrogens (tertiary/aromatic N) is 2. The van der Waals surface area contributed by atoms with Crippen molar-refractivity contribution in [1.29, 1.82) is 0 Å². The smallest absolute Gasteiger partial charge is 0.328 e. The van der Waals surface area contributed by atoms with Crippen LogP contribution < -0.4 is 5.32 Å². The fraction of sp³-hybridized carbons (Fsp3) is 0.458. The number of urea groups is 1. The van der Waals surface area contributed by atoms with Gasteiger partial charge in [0.1, 0.15) is 12.1 Å². The van der Waals surface area contributed by atoms with E-state index in [0.717, 1.165) is 21.4 Å². The third-order valence-electron chi connectivity index (χ3n) is 6.80. The van der Waals surface area contributed by atoms with Gasteiger partial charge in [0.2, 0.25) is 5.91 Å². The zero-order chi connectivity index (χ0) is 25.7. The summed E-state index contributed by atoms with van der Waals surface area (Å²) in [6.45, 7) is 5.54. The maximum atomic E-state index is 13.9. The van der Waals surface area contributed by atoms with E-state index in [-0.39, 0.29) is 18.9 Å². The molecule has 2 aliphatic heterocycles. The first-order valence-electron chi connectivity index (χ1n) is 11.5. The number of carboxylic acid groups (broad SMARTS) is 2. The highest BCUT2D eigenvalue weighted by molar-refractivity contribution is 6.11. The van der Waals surface area contributed by atoms with Gasteiger partial charge in [-0.25, -0.2) is 14.5 Å². The Morgan fingerprint density at radius 1 is 1.17 bits per heavy atom. The fourth-order valence-electron chi connectivity index (χ4n) is 5.11. The number of benzene rings is 1. The van der Waals surface area contributed by atoms with E-state index in [0.29, 0.717) is 12.1 Å². The Labute approximate surface area is 201 Å². The van der Waals surface area contributed by atoms with Gasteiger partial charge in [0.25, 0.3) is 5.91 Å². The van der Waals surface area contributed by atoms with Gasteiger partial charge >= 0.3 is 18.0 Å². The van der Waals surface area contributed by atoms with Gasteiger partial charge in [-0.15, -0.1) is 0 Å². The Kier molecular flexibility index (Phi) is 6.04. The molecule has 0 bridgehead atoms. The van der Waals surface area contributed by atoms with Gasteiger partial charge in [0, 0.05) is 17.4 Å². The molecular formula is C24H28N4O7. The molecule has 2 aromatic rings. The molecule has 1 aromatic carbocycles. The number of aliphatic carboxylic acids is 2. The number of carbonyl (C=O) groups excluding carboxylic acids is 3. The Morgan fingerprint density at radius 3 is 2.49 bits per heavy atom. The van der Waals surface area contributed by atoms with Crippen molar-refractivity contribution in [2.24, 2.45) is 5.92 Å². The van der Waals surface area contributed by atoms with Crippen LogP contribution in [0, 0.1) is 5.92 Å². The van der Waals surface area contributed by atoms with Crippen molar-refractivity contribution < 1.29 is 34.2 Å². The Hall–Kier alpha value is -3.89. The van der Waals surface area contributed by atoms with Crippen LogP contribution >= 0.6 is 0 Å². The van der Waals surface area contributed by atoms with Crippen LogP contribution in [0.1, 0.15) is 44.9 Å². The summed E-state index contributed by atoms with van der Waals surface area (Å²) in [5, 5.41) is 21.5. The Morgan fingerprint density at radius 2 is 1.86 bits per heavy atom. The van der Waals surface area contributed by atoms with Gasteiger partial charge in [0.15, 0.2) is 5.54 Å². The topological polar surface area (TPSA) is 160 Å². The lowest BCUT2D eigenvalue weighted by Gasteiger charge is -2.36. The van der Waals surface area contributed by atoms with Crippen LogP contribution in [0.15, 0.2) is 24.3 Å². The molecule has 35 heavy (non-hydrogen) atoms. The number of para-hydroxylation sites is 1. The van der Waals surface area contributed by atoms with Gasteiger partial charge in [-0.3, -0.25) is 14.4 Å². The first-order valence-corrected chi connectivity index (χ1v) is 11.5. The average molecular weight is 485 g/mol. The number of amides is 4. The first kappa shape index (κ1) is 24.2. The minimum Gasteiger partial charge on any atom is -0.481 e. The van der Waals surface area contributed by atoms with Crippen molar-refractivity contribution in [2.45, 2.75) is 57.7 Å². The highest BCUT2D eigenvalue weighted by Gasteiger charge is 2.60. The highest BCUT2D eigenvalue weighted by atomic mass is 16.4. The molecule has 1 aromatic heterocycles. The van der Waals surface area contributed by atoms with Crippen molar-refractivity contribution in [3.05, 3.63) is 35.5 Å². The van der Waals surface area contributed by atoms with Gasteiger partial charge in [-0.1, -0.05) is 32.0 Å².